The standard InChI is InChI=1S/C17H28N4O3/c1-12(2)16-19-18-15-10-20(7-8-21(15)16)17(22)13(3)24-11-14-6-4-5-9-23-14/h12-14H,4-11H2,1-3H3/t13-,14-/m0/s1. The fourth-order valence-corrected chi connectivity index (χ4v) is 3.31. The van der Waals surface area contributed by atoms with E-state index in [1.54, 1.807) is 0 Å². The molecule has 0 bridgehead atoms. The number of carbonyl (C=O) groups is 1. The van der Waals surface area contributed by atoms with E-state index < -0.39 is 6.10 Å². The normalized spacial score (nSPS) is 22.5. The van der Waals surface area contributed by atoms with Crippen molar-refractivity contribution >= 4 is 5.91 Å². The highest BCUT2D eigenvalue weighted by atomic mass is 16.5. The van der Waals surface area contributed by atoms with Crippen molar-refractivity contribution in [2.75, 3.05) is 19.8 Å². The summed E-state index contributed by atoms with van der Waals surface area (Å²) < 4.78 is 13.6. The first-order valence-corrected chi connectivity index (χ1v) is 9.00. The van der Waals surface area contributed by atoms with Gasteiger partial charge in [0.25, 0.3) is 5.91 Å². The van der Waals surface area contributed by atoms with Crippen molar-refractivity contribution in [3.63, 3.8) is 0 Å². The molecule has 1 aromatic rings. The Morgan fingerprint density at radius 3 is 2.83 bits per heavy atom. The van der Waals surface area contributed by atoms with Gasteiger partial charge in [-0.05, 0) is 26.2 Å². The smallest absolute Gasteiger partial charge is 0.251 e. The minimum absolute atomic E-state index is 0.0196. The van der Waals surface area contributed by atoms with Crippen LogP contribution in [-0.4, -0.2) is 57.5 Å². The molecule has 0 saturated carbocycles. The Labute approximate surface area is 143 Å². The van der Waals surface area contributed by atoms with E-state index in [9.17, 15) is 4.79 Å². The van der Waals surface area contributed by atoms with Crippen LogP contribution in [0.15, 0.2) is 0 Å². The Kier molecular flexibility index (Phi) is 5.50. The molecule has 1 amide bonds. The summed E-state index contributed by atoms with van der Waals surface area (Å²) in [6.07, 6.45) is 3.00. The Morgan fingerprint density at radius 1 is 1.29 bits per heavy atom. The van der Waals surface area contributed by atoms with Gasteiger partial charge in [0.05, 0.1) is 19.3 Å². The summed E-state index contributed by atoms with van der Waals surface area (Å²) in [6.45, 7) is 9.27. The Morgan fingerprint density at radius 2 is 2.12 bits per heavy atom. The molecule has 24 heavy (non-hydrogen) atoms. The predicted molar refractivity (Wildman–Crippen MR) is 88.5 cm³/mol. The maximum atomic E-state index is 12.6. The molecule has 7 nitrogen and oxygen atoms in total. The Bertz CT molecular complexity index is 566. The van der Waals surface area contributed by atoms with Crippen molar-refractivity contribution in [1.29, 1.82) is 0 Å². The molecule has 0 radical (unpaired) electrons. The van der Waals surface area contributed by atoms with Gasteiger partial charge in [-0.25, -0.2) is 0 Å². The van der Waals surface area contributed by atoms with E-state index >= 15 is 0 Å². The second kappa shape index (κ2) is 7.61. The lowest BCUT2D eigenvalue weighted by Crippen LogP contribution is -2.44. The van der Waals surface area contributed by atoms with Crippen LogP contribution in [0.5, 0.6) is 0 Å². The monoisotopic (exact) mass is 336 g/mol. The molecule has 7 heteroatoms. The first-order valence-electron chi connectivity index (χ1n) is 9.00. The largest absolute Gasteiger partial charge is 0.376 e. The zero-order valence-corrected chi connectivity index (χ0v) is 14.9. The number of rotatable bonds is 5. The Balaban J connectivity index is 1.53. The molecule has 2 aliphatic heterocycles. The summed E-state index contributed by atoms with van der Waals surface area (Å²) in [6, 6.07) is 0. The van der Waals surface area contributed by atoms with E-state index in [1.165, 1.54) is 6.42 Å². The summed E-state index contributed by atoms with van der Waals surface area (Å²) in [5.74, 6) is 2.22. The van der Waals surface area contributed by atoms with Crippen LogP contribution < -0.4 is 0 Å². The molecule has 0 spiro atoms. The van der Waals surface area contributed by atoms with Crippen LogP contribution in [0.4, 0.5) is 0 Å². The lowest BCUT2D eigenvalue weighted by molar-refractivity contribution is -0.147. The second-order valence-electron chi connectivity index (χ2n) is 7.00. The van der Waals surface area contributed by atoms with E-state index in [0.29, 0.717) is 25.6 Å². The summed E-state index contributed by atoms with van der Waals surface area (Å²) in [5, 5.41) is 8.51. The number of amides is 1. The number of aromatic nitrogens is 3. The molecule has 0 N–H and O–H groups in total. The molecule has 134 valence electrons. The van der Waals surface area contributed by atoms with E-state index in [2.05, 4.69) is 28.6 Å². The summed E-state index contributed by atoms with van der Waals surface area (Å²) in [7, 11) is 0. The van der Waals surface area contributed by atoms with Gasteiger partial charge in [0.1, 0.15) is 11.9 Å². The van der Waals surface area contributed by atoms with Crippen LogP contribution in [0.2, 0.25) is 0 Å². The second-order valence-corrected chi connectivity index (χ2v) is 7.00. The number of hydrogen-bond donors (Lipinski definition) is 0. The molecule has 0 aromatic carbocycles. The van der Waals surface area contributed by atoms with E-state index in [0.717, 1.165) is 37.6 Å². The van der Waals surface area contributed by atoms with Gasteiger partial charge in [0, 0.05) is 25.6 Å². The minimum Gasteiger partial charge on any atom is -0.376 e. The zero-order chi connectivity index (χ0) is 17.1. The maximum absolute atomic E-state index is 12.6. The van der Waals surface area contributed by atoms with Crippen molar-refractivity contribution in [1.82, 2.24) is 19.7 Å². The van der Waals surface area contributed by atoms with Crippen LogP contribution in [-0.2, 0) is 27.4 Å². The van der Waals surface area contributed by atoms with Gasteiger partial charge in [-0.2, -0.15) is 0 Å². The lowest BCUT2D eigenvalue weighted by atomic mass is 10.1. The highest BCUT2D eigenvalue weighted by Gasteiger charge is 2.28. The highest BCUT2D eigenvalue weighted by Crippen LogP contribution is 2.19. The highest BCUT2D eigenvalue weighted by molar-refractivity contribution is 5.80. The first-order chi connectivity index (χ1) is 11.6. The topological polar surface area (TPSA) is 69.5 Å². The molecule has 0 unspecified atom stereocenters. The predicted octanol–water partition coefficient (Wildman–Crippen LogP) is 1.72. The summed E-state index contributed by atoms with van der Waals surface area (Å²) in [5.41, 5.74) is 0. The molecule has 3 rings (SSSR count). The SMILES string of the molecule is CC(C)c1nnc2n1CCN(C(=O)[C@H](C)OC[C@@H]1CCCCO1)C2. The number of ether oxygens (including phenoxy) is 2. The van der Waals surface area contributed by atoms with Crippen molar-refractivity contribution in [2.45, 2.75) is 71.2 Å². The van der Waals surface area contributed by atoms with Crippen molar-refractivity contribution < 1.29 is 14.3 Å². The van der Waals surface area contributed by atoms with Gasteiger partial charge in [0.2, 0.25) is 0 Å². The van der Waals surface area contributed by atoms with Gasteiger partial charge in [-0.1, -0.05) is 13.8 Å². The molecule has 0 aliphatic carbocycles. The van der Waals surface area contributed by atoms with Crippen LogP contribution in [0.3, 0.4) is 0 Å². The molecule has 1 saturated heterocycles. The molecular formula is C17H28N4O3. The first kappa shape index (κ1) is 17.4. The van der Waals surface area contributed by atoms with Crippen molar-refractivity contribution in [3.8, 4) is 0 Å². The number of hydrogen-bond acceptors (Lipinski definition) is 5. The molecule has 3 heterocycles. The van der Waals surface area contributed by atoms with Crippen LogP contribution >= 0.6 is 0 Å². The summed E-state index contributed by atoms with van der Waals surface area (Å²) >= 11 is 0. The fourth-order valence-electron chi connectivity index (χ4n) is 3.31. The van der Waals surface area contributed by atoms with E-state index in [1.807, 2.05) is 11.8 Å². The average Bonchev–Trinajstić information content (AvgIpc) is 3.03. The zero-order valence-electron chi connectivity index (χ0n) is 14.9. The molecule has 2 atom stereocenters. The van der Waals surface area contributed by atoms with Gasteiger partial charge in [-0.15, -0.1) is 10.2 Å². The van der Waals surface area contributed by atoms with Gasteiger partial charge >= 0.3 is 0 Å². The minimum atomic E-state index is -0.449. The van der Waals surface area contributed by atoms with Crippen molar-refractivity contribution in [2.24, 2.45) is 0 Å². The third-order valence-corrected chi connectivity index (χ3v) is 4.76. The van der Waals surface area contributed by atoms with Crippen LogP contribution in [0.1, 0.15) is 57.6 Å². The molecule has 2 aliphatic rings. The van der Waals surface area contributed by atoms with E-state index in [-0.39, 0.29) is 12.0 Å². The molecular weight excluding hydrogens is 308 g/mol. The molecule has 1 aromatic heterocycles. The number of carbonyl (C=O) groups excluding carboxylic acids is 1. The fraction of sp³-hybridized carbons (Fsp3) is 0.824. The number of fused-ring (bicyclic) bond motifs is 1. The van der Waals surface area contributed by atoms with E-state index in [4.69, 9.17) is 9.47 Å². The van der Waals surface area contributed by atoms with Gasteiger partial charge < -0.3 is 18.9 Å². The van der Waals surface area contributed by atoms with Crippen LogP contribution in [0, 0.1) is 0 Å². The van der Waals surface area contributed by atoms with Gasteiger partial charge in [-0.3, -0.25) is 4.79 Å². The third kappa shape index (κ3) is 3.78. The molecule has 1 fully saturated rings. The number of nitrogens with zero attached hydrogens (tertiary/aromatic N) is 4. The summed E-state index contributed by atoms with van der Waals surface area (Å²) in [4.78, 5) is 14.4. The van der Waals surface area contributed by atoms with Crippen LogP contribution in [0.25, 0.3) is 0 Å². The quantitative estimate of drug-likeness (QED) is 0.819. The Hall–Kier alpha value is -1.47. The average molecular weight is 336 g/mol. The van der Waals surface area contributed by atoms with Gasteiger partial charge in [0.15, 0.2) is 5.82 Å². The lowest BCUT2D eigenvalue weighted by Gasteiger charge is -2.31. The maximum Gasteiger partial charge on any atom is 0.251 e. The third-order valence-electron chi connectivity index (χ3n) is 4.76. The van der Waals surface area contributed by atoms with Crippen molar-refractivity contribution in [3.05, 3.63) is 11.6 Å².